The van der Waals surface area contributed by atoms with E-state index in [0.29, 0.717) is 5.69 Å². The third kappa shape index (κ3) is 2.23. The summed E-state index contributed by atoms with van der Waals surface area (Å²) < 4.78 is 4.73. The first-order chi connectivity index (χ1) is 8.95. The van der Waals surface area contributed by atoms with Gasteiger partial charge in [0.15, 0.2) is 0 Å². The molecule has 0 spiro atoms. The minimum Gasteiger partial charge on any atom is -0.460 e. The van der Waals surface area contributed by atoms with Gasteiger partial charge in [0, 0.05) is 7.05 Å². The summed E-state index contributed by atoms with van der Waals surface area (Å²) in [5.74, 6) is -1.68. The molecule has 0 bridgehead atoms. The Balaban J connectivity index is 2.50. The second-order valence-electron chi connectivity index (χ2n) is 4.50. The van der Waals surface area contributed by atoms with Crippen LogP contribution in [0.25, 0.3) is 0 Å². The van der Waals surface area contributed by atoms with Crippen LogP contribution in [0.2, 0.25) is 0 Å². The summed E-state index contributed by atoms with van der Waals surface area (Å²) >= 11 is 0. The van der Waals surface area contributed by atoms with Crippen LogP contribution in [0.4, 0.5) is 5.69 Å². The van der Waals surface area contributed by atoms with Gasteiger partial charge in [0.25, 0.3) is 5.78 Å². The normalized spacial score (nSPS) is 13.4. The topological polar surface area (TPSA) is 63.7 Å². The number of amides is 1. The van der Waals surface area contributed by atoms with Crippen LogP contribution in [-0.4, -0.2) is 31.3 Å². The molecule has 0 atom stereocenters. The number of hydrogen-bond donors (Lipinski definition) is 0. The Bertz CT molecular complexity index is 577. The fraction of sp³-hybridized carbons (Fsp3) is 0.357. The molecule has 2 rings (SSSR count). The summed E-state index contributed by atoms with van der Waals surface area (Å²) in [6.45, 7) is 3.61. The minimum atomic E-state index is -0.886. The van der Waals surface area contributed by atoms with Gasteiger partial charge in [-0.2, -0.15) is 0 Å². The van der Waals surface area contributed by atoms with Crippen LogP contribution < -0.4 is 4.90 Å². The van der Waals surface area contributed by atoms with Crippen molar-refractivity contribution in [2.75, 3.05) is 18.6 Å². The lowest BCUT2D eigenvalue weighted by molar-refractivity contribution is -0.137. The maximum Gasteiger partial charge on any atom is 0.379 e. The number of rotatable bonds is 3. The van der Waals surface area contributed by atoms with E-state index in [1.807, 2.05) is 13.0 Å². The van der Waals surface area contributed by atoms with E-state index in [9.17, 15) is 14.4 Å². The zero-order valence-corrected chi connectivity index (χ0v) is 11.1. The van der Waals surface area contributed by atoms with E-state index in [4.69, 9.17) is 4.74 Å². The number of nitrogens with zero attached hydrogens (tertiary/aromatic N) is 1. The van der Waals surface area contributed by atoms with Crippen LogP contribution in [-0.2, 0) is 20.7 Å². The average molecular weight is 261 g/mol. The molecule has 5 nitrogen and oxygen atoms in total. The molecule has 0 aliphatic carbocycles. The molecule has 5 heteroatoms. The van der Waals surface area contributed by atoms with Crippen molar-refractivity contribution in [2.45, 2.75) is 20.3 Å². The number of likely N-dealkylation sites (N-methyl/N-ethyl adjacent to an activating group) is 1. The van der Waals surface area contributed by atoms with Crippen molar-refractivity contribution < 1.29 is 19.1 Å². The number of benzene rings is 1. The molecule has 0 aromatic heterocycles. The molecule has 0 radical (unpaired) electrons. The van der Waals surface area contributed by atoms with Gasteiger partial charge < -0.3 is 9.64 Å². The molecular formula is C14H15NO4. The molecule has 19 heavy (non-hydrogen) atoms. The molecule has 0 unspecified atom stereocenters. The van der Waals surface area contributed by atoms with E-state index in [1.54, 1.807) is 20.0 Å². The molecular weight excluding hydrogens is 246 g/mol. The molecule has 1 heterocycles. The standard InChI is InChI=1S/C14H15NO4/c1-4-19-14(18)13(17)10-6-8(2)5-9-7-11(16)15(3)12(9)10/h5-6H,4,7H2,1-3H3. The zero-order chi connectivity index (χ0) is 14.2. The number of carbonyl (C=O) groups excluding carboxylic acids is 3. The van der Waals surface area contributed by atoms with Crippen molar-refractivity contribution in [2.24, 2.45) is 0 Å². The first-order valence-corrected chi connectivity index (χ1v) is 6.07. The Labute approximate surface area is 111 Å². The van der Waals surface area contributed by atoms with E-state index >= 15 is 0 Å². The number of carbonyl (C=O) groups is 3. The Kier molecular flexibility index (Phi) is 3.38. The van der Waals surface area contributed by atoms with Gasteiger partial charge in [-0.25, -0.2) is 4.79 Å². The lowest BCUT2D eigenvalue weighted by atomic mass is 10.0. The number of Topliss-reactive ketones (excluding diaryl/α,β-unsaturated/α-hetero) is 1. The van der Waals surface area contributed by atoms with Crippen molar-refractivity contribution in [3.05, 3.63) is 28.8 Å². The number of fused-ring (bicyclic) bond motifs is 1. The number of anilines is 1. The highest BCUT2D eigenvalue weighted by Gasteiger charge is 2.31. The molecule has 1 aromatic rings. The SMILES string of the molecule is CCOC(=O)C(=O)c1cc(C)cc2c1N(C)C(=O)C2. The van der Waals surface area contributed by atoms with Gasteiger partial charge in [-0.3, -0.25) is 9.59 Å². The summed E-state index contributed by atoms with van der Waals surface area (Å²) in [4.78, 5) is 36.8. The van der Waals surface area contributed by atoms with Gasteiger partial charge in [0.2, 0.25) is 5.91 Å². The average Bonchev–Trinajstić information content (AvgIpc) is 2.63. The van der Waals surface area contributed by atoms with Gasteiger partial charge in [0.1, 0.15) is 0 Å². The smallest absolute Gasteiger partial charge is 0.379 e. The summed E-state index contributed by atoms with van der Waals surface area (Å²) in [7, 11) is 1.60. The van der Waals surface area contributed by atoms with Crippen LogP contribution in [0.3, 0.4) is 0 Å². The molecule has 100 valence electrons. The first-order valence-electron chi connectivity index (χ1n) is 6.07. The maximum absolute atomic E-state index is 12.1. The second kappa shape index (κ2) is 4.84. The van der Waals surface area contributed by atoms with Crippen LogP contribution in [0.1, 0.15) is 28.4 Å². The largest absolute Gasteiger partial charge is 0.460 e. The highest BCUT2D eigenvalue weighted by molar-refractivity contribution is 6.42. The van der Waals surface area contributed by atoms with Crippen LogP contribution in [0, 0.1) is 6.92 Å². The van der Waals surface area contributed by atoms with Crippen molar-refractivity contribution in [1.29, 1.82) is 0 Å². The van der Waals surface area contributed by atoms with E-state index in [2.05, 4.69) is 0 Å². The molecule has 1 aromatic carbocycles. The predicted molar refractivity (Wildman–Crippen MR) is 69.3 cm³/mol. The van der Waals surface area contributed by atoms with E-state index < -0.39 is 11.8 Å². The number of ketones is 1. The molecule has 0 saturated carbocycles. The molecule has 1 amide bonds. The number of esters is 1. The monoisotopic (exact) mass is 261 g/mol. The summed E-state index contributed by atoms with van der Waals surface area (Å²) in [6.07, 6.45) is 0.261. The molecule has 1 aliphatic rings. The second-order valence-corrected chi connectivity index (χ2v) is 4.50. The number of ether oxygens (including phenoxy) is 1. The van der Waals surface area contributed by atoms with Gasteiger partial charge in [0.05, 0.1) is 24.3 Å². The van der Waals surface area contributed by atoms with Gasteiger partial charge in [-0.15, -0.1) is 0 Å². The zero-order valence-electron chi connectivity index (χ0n) is 11.1. The third-order valence-electron chi connectivity index (χ3n) is 3.09. The van der Waals surface area contributed by atoms with Crippen molar-refractivity contribution in [3.63, 3.8) is 0 Å². The third-order valence-corrected chi connectivity index (χ3v) is 3.09. The van der Waals surface area contributed by atoms with Gasteiger partial charge in [-0.05, 0) is 31.0 Å². The molecule has 0 saturated heterocycles. The quantitative estimate of drug-likeness (QED) is 0.467. The minimum absolute atomic E-state index is 0.0847. The lowest BCUT2D eigenvalue weighted by Gasteiger charge is -2.15. The Hall–Kier alpha value is -2.17. The predicted octanol–water partition coefficient (Wildman–Crippen LogP) is 1.26. The summed E-state index contributed by atoms with van der Waals surface area (Å²) in [6, 6.07) is 3.48. The van der Waals surface area contributed by atoms with Crippen molar-refractivity contribution in [3.8, 4) is 0 Å². The Morgan fingerprint density at radius 3 is 2.68 bits per heavy atom. The molecule has 0 N–H and O–H groups in total. The van der Waals surface area contributed by atoms with Crippen LogP contribution in [0.15, 0.2) is 12.1 Å². The number of hydrogen-bond acceptors (Lipinski definition) is 4. The Morgan fingerprint density at radius 1 is 1.37 bits per heavy atom. The lowest BCUT2D eigenvalue weighted by Crippen LogP contribution is -2.25. The summed E-state index contributed by atoms with van der Waals surface area (Å²) in [5, 5.41) is 0. The first kappa shape index (κ1) is 13.3. The fourth-order valence-corrected chi connectivity index (χ4v) is 2.27. The van der Waals surface area contributed by atoms with E-state index in [1.165, 1.54) is 4.90 Å². The molecule has 0 fully saturated rings. The van der Waals surface area contributed by atoms with E-state index in [-0.39, 0.29) is 24.5 Å². The summed E-state index contributed by atoms with van der Waals surface area (Å²) in [5.41, 5.74) is 2.38. The maximum atomic E-state index is 12.1. The van der Waals surface area contributed by atoms with Crippen molar-refractivity contribution in [1.82, 2.24) is 0 Å². The van der Waals surface area contributed by atoms with E-state index in [0.717, 1.165) is 11.1 Å². The molecule has 1 aliphatic heterocycles. The van der Waals surface area contributed by atoms with Crippen molar-refractivity contribution >= 4 is 23.3 Å². The highest BCUT2D eigenvalue weighted by atomic mass is 16.5. The van der Waals surface area contributed by atoms with Crippen LogP contribution in [0.5, 0.6) is 0 Å². The van der Waals surface area contributed by atoms with Gasteiger partial charge >= 0.3 is 5.97 Å². The van der Waals surface area contributed by atoms with Crippen LogP contribution >= 0.6 is 0 Å². The Morgan fingerprint density at radius 2 is 2.05 bits per heavy atom. The fourth-order valence-electron chi connectivity index (χ4n) is 2.27. The van der Waals surface area contributed by atoms with Gasteiger partial charge in [-0.1, -0.05) is 6.07 Å². The number of aryl methyl sites for hydroxylation is 1. The highest BCUT2D eigenvalue weighted by Crippen LogP contribution is 2.33.